The average molecular weight is 313 g/mol. The van der Waals surface area contributed by atoms with Gasteiger partial charge in [0.1, 0.15) is 0 Å². The Bertz CT molecular complexity index is 705. The number of amides is 2. The fourth-order valence-corrected chi connectivity index (χ4v) is 2.89. The van der Waals surface area contributed by atoms with Gasteiger partial charge in [0.25, 0.3) is 5.91 Å². The molecule has 5 nitrogen and oxygen atoms in total. The third kappa shape index (κ3) is 3.80. The van der Waals surface area contributed by atoms with Crippen LogP contribution >= 0.6 is 0 Å². The highest BCUT2D eigenvalue weighted by Gasteiger charge is 2.21. The number of carbonyl (C=O) groups excluding carboxylic acids is 2. The molecule has 23 heavy (non-hydrogen) atoms. The summed E-state index contributed by atoms with van der Waals surface area (Å²) in [5.74, 6) is -0.633. The van der Waals surface area contributed by atoms with Gasteiger partial charge in [-0.05, 0) is 32.4 Å². The minimum atomic E-state index is -0.446. The van der Waals surface area contributed by atoms with Gasteiger partial charge in [0.05, 0.1) is 18.0 Å². The van der Waals surface area contributed by atoms with Crippen LogP contribution in [-0.2, 0) is 11.3 Å². The molecule has 0 radical (unpaired) electrons. The zero-order valence-electron chi connectivity index (χ0n) is 13.8. The minimum absolute atomic E-state index is 0.0717. The van der Waals surface area contributed by atoms with Crippen LogP contribution in [0.4, 0.5) is 0 Å². The van der Waals surface area contributed by atoms with Crippen molar-refractivity contribution >= 4 is 11.8 Å². The first kappa shape index (κ1) is 16.8. The Balaban J connectivity index is 2.26. The first-order chi connectivity index (χ1) is 10.9. The zero-order valence-corrected chi connectivity index (χ0v) is 13.8. The number of nitrogens with two attached hydrogens (primary N) is 1. The minimum Gasteiger partial charge on any atom is -0.370 e. The van der Waals surface area contributed by atoms with E-state index in [0.29, 0.717) is 5.56 Å². The van der Waals surface area contributed by atoms with E-state index in [-0.39, 0.29) is 12.3 Å². The van der Waals surface area contributed by atoms with Crippen LogP contribution in [0, 0.1) is 13.8 Å². The molecule has 122 valence electrons. The van der Waals surface area contributed by atoms with Crippen molar-refractivity contribution in [3.8, 4) is 0 Å². The van der Waals surface area contributed by atoms with E-state index in [1.165, 1.54) is 0 Å². The maximum atomic E-state index is 12.6. The van der Waals surface area contributed by atoms with Crippen molar-refractivity contribution in [1.29, 1.82) is 0 Å². The smallest absolute Gasteiger partial charge is 0.253 e. The van der Waals surface area contributed by atoms with Crippen LogP contribution in [0.3, 0.4) is 0 Å². The summed E-state index contributed by atoms with van der Waals surface area (Å²) in [4.78, 5) is 24.0. The van der Waals surface area contributed by atoms with Crippen molar-refractivity contribution in [3.05, 3.63) is 58.9 Å². The van der Waals surface area contributed by atoms with Crippen LogP contribution < -0.4 is 11.1 Å². The van der Waals surface area contributed by atoms with Crippen molar-refractivity contribution < 1.29 is 9.59 Å². The molecule has 0 saturated carbocycles. The number of hydrogen-bond acceptors (Lipinski definition) is 2. The van der Waals surface area contributed by atoms with Gasteiger partial charge in [0.2, 0.25) is 5.91 Å². The first-order valence-corrected chi connectivity index (χ1v) is 7.74. The van der Waals surface area contributed by atoms with E-state index in [4.69, 9.17) is 5.73 Å². The number of aryl methyl sites for hydroxylation is 1. The summed E-state index contributed by atoms with van der Waals surface area (Å²) in [5.41, 5.74) is 8.80. The molecular formula is C18H23N3O2. The molecule has 0 aliphatic heterocycles. The molecule has 1 heterocycles. The maximum Gasteiger partial charge on any atom is 0.253 e. The monoisotopic (exact) mass is 313 g/mol. The summed E-state index contributed by atoms with van der Waals surface area (Å²) in [5, 5.41) is 2.93. The summed E-state index contributed by atoms with van der Waals surface area (Å²) in [6.45, 7) is 6.76. The van der Waals surface area contributed by atoms with E-state index >= 15 is 0 Å². The highest BCUT2D eigenvalue weighted by atomic mass is 16.2. The van der Waals surface area contributed by atoms with Crippen molar-refractivity contribution in [2.75, 3.05) is 0 Å². The molecule has 5 heteroatoms. The normalized spacial score (nSPS) is 12.0. The number of nitrogens with zero attached hydrogens (tertiary/aromatic N) is 1. The van der Waals surface area contributed by atoms with E-state index < -0.39 is 11.9 Å². The third-order valence-corrected chi connectivity index (χ3v) is 4.05. The SMILES string of the molecule is CCn1c(C)cc(C(=O)N[C@H](CC(N)=O)c2ccccc2)c1C. The molecule has 0 spiro atoms. The summed E-state index contributed by atoms with van der Waals surface area (Å²) in [6, 6.07) is 10.8. The molecule has 2 rings (SSSR count). The first-order valence-electron chi connectivity index (χ1n) is 7.74. The van der Waals surface area contributed by atoms with Crippen molar-refractivity contribution in [2.24, 2.45) is 5.73 Å². The largest absolute Gasteiger partial charge is 0.370 e. The van der Waals surface area contributed by atoms with E-state index in [2.05, 4.69) is 9.88 Å². The number of primary amides is 1. The summed E-state index contributed by atoms with van der Waals surface area (Å²) in [7, 11) is 0. The Morgan fingerprint density at radius 2 is 1.87 bits per heavy atom. The second kappa shape index (κ2) is 7.13. The van der Waals surface area contributed by atoms with Gasteiger partial charge < -0.3 is 15.6 Å². The Kier molecular flexibility index (Phi) is 5.21. The van der Waals surface area contributed by atoms with Crippen LogP contribution in [0.5, 0.6) is 0 Å². The number of aromatic nitrogens is 1. The second-order valence-electron chi connectivity index (χ2n) is 5.64. The molecule has 2 aromatic rings. The fourth-order valence-electron chi connectivity index (χ4n) is 2.89. The van der Waals surface area contributed by atoms with E-state index in [9.17, 15) is 9.59 Å². The van der Waals surface area contributed by atoms with Crippen molar-refractivity contribution in [2.45, 2.75) is 39.8 Å². The molecule has 0 aliphatic carbocycles. The Morgan fingerprint density at radius 1 is 1.22 bits per heavy atom. The Labute approximate surface area is 136 Å². The quantitative estimate of drug-likeness (QED) is 0.859. The highest BCUT2D eigenvalue weighted by Crippen LogP contribution is 2.20. The van der Waals surface area contributed by atoms with Gasteiger partial charge >= 0.3 is 0 Å². The summed E-state index contributed by atoms with van der Waals surface area (Å²) >= 11 is 0. The molecule has 1 aromatic carbocycles. The topological polar surface area (TPSA) is 77.1 Å². The van der Waals surface area contributed by atoms with Crippen LogP contribution in [0.2, 0.25) is 0 Å². The molecule has 0 fully saturated rings. The van der Waals surface area contributed by atoms with Crippen molar-refractivity contribution in [3.63, 3.8) is 0 Å². The number of benzene rings is 1. The number of carbonyl (C=O) groups is 2. The number of nitrogens with one attached hydrogen (secondary N) is 1. The molecule has 0 saturated heterocycles. The second-order valence-corrected chi connectivity index (χ2v) is 5.64. The predicted molar refractivity (Wildman–Crippen MR) is 90.0 cm³/mol. The predicted octanol–water partition coefficient (Wildman–Crippen LogP) is 2.47. The van der Waals surface area contributed by atoms with E-state index in [0.717, 1.165) is 23.5 Å². The maximum absolute atomic E-state index is 12.6. The van der Waals surface area contributed by atoms with Crippen LogP contribution in [0.15, 0.2) is 36.4 Å². The third-order valence-electron chi connectivity index (χ3n) is 4.05. The van der Waals surface area contributed by atoms with Gasteiger partial charge in [-0.3, -0.25) is 9.59 Å². The Morgan fingerprint density at radius 3 is 2.39 bits per heavy atom. The Hall–Kier alpha value is -2.56. The van der Waals surface area contributed by atoms with Gasteiger partial charge in [0.15, 0.2) is 0 Å². The lowest BCUT2D eigenvalue weighted by molar-refractivity contribution is -0.118. The summed E-state index contributed by atoms with van der Waals surface area (Å²) < 4.78 is 2.08. The molecule has 1 atom stereocenters. The molecule has 1 aromatic heterocycles. The van der Waals surface area contributed by atoms with E-state index in [1.807, 2.05) is 57.2 Å². The number of hydrogen-bond donors (Lipinski definition) is 2. The van der Waals surface area contributed by atoms with Crippen LogP contribution in [0.1, 0.15) is 46.7 Å². The lowest BCUT2D eigenvalue weighted by Crippen LogP contribution is -2.32. The molecular weight excluding hydrogens is 290 g/mol. The lowest BCUT2D eigenvalue weighted by atomic mass is 10.0. The fraction of sp³-hybridized carbons (Fsp3) is 0.333. The van der Waals surface area contributed by atoms with Crippen LogP contribution in [0.25, 0.3) is 0 Å². The van der Waals surface area contributed by atoms with Crippen molar-refractivity contribution in [1.82, 2.24) is 9.88 Å². The molecule has 3 N–H and O–H groups in total. The lowest BCUT2D eigenvalue weighted by Gasteiger charge is -2.18. The number of rotatable bonds is 6. The van der Waals surface area contributed by atoms with Crippen LogP contribution in [-0.4, -0.2) is 16.4 Å². The average Bonchev–Trinajstić information content (AvgIpc) is 2.81. The van der Waals surface area contributed by atoms with Gasteiger partial charge in [0, 0.05) is 17.9 Å². The van der Waals surface area contributed by atoms with Gasteiger partial charge in [-0.15, -0.1) is 0 Å². The van der Waals surface area contributed by atoms with E-state index in [1.54, 1.807) is 0 Å². The molecule has 2 amide bonds. The van der Waals surface area contributed by atoms with Gasteiger partial charge in [-0.1, -0.05) is 30.3 Å². The molecule has 0 aliphatic rings. The standard InChI is InChI=1S/C18H23N3O2/c1-4-21-12(2)10-15(13(21)3)18(23)20-16(11-17(19)22)14-8-6-5-7-9-14/h5-10,16H,4,11H2,1-3H3,(H2,19,22)(H,20,23)/t16-/m1/s1. The molecule has 0 bridgehead atoms. The van der Waals surface area contributed by atoms with Gasteiger partial charge in [-0.25, -0.2) is 0 Å². The zero-order chi connectivity index (χ0) is 17.0. The molecule has 0 unspecified atom stereocenters. The van der Waals surface area contributed by atoms with Gasteiger partial charge in [-0.2, -0.15) is 0 Å². The summed E-state index contributed by atoms with van der Waals surface area (Å²) in [6.07, 6.45) is 0.0717. The highest BCUT2D eigenvalue weighted by molar-refractivity contribution is 5.96.